The lowest BCUT2D eigenvalue weighted by Gasteiger charge is -2.16. The van der Waals surface area contributed by atoms with Gasteiger partial charge in [-0.15, -0.1) is 0 Å². The van der Waals surface area contributed by atoms with Gasteiger partial charge in [0.25, 0.3) is 11.8 Å². The number of nitrogens with one attached hydrogen (secondary N) is 1. The number of hydrogen-bond acceptors (Lipinski definition) is 6. The number of hydrogen-bond donors (Lipinski definition) is 3. The number of pyridine rings is 2. The predicted octanol–water partition coefficient (Wildman–Crippen LogP) is 2.80. The van der Waals surface area contributed by atoms with Crippen LogP contribution < -0.4 is 9.47 Å². The summed E-state index contributed by atoms with van der Waals surface area (Å²) in [5.41, 5.74) is 1.62. The standard InChI is InChI=1S/C21H20F2N4O4/c1-30-20-16(22)15(17(23)21(26-20)31-2)18(29)14-9-25-19-13(14)7-12(8-24-19)11-3-4-27(10-11)5-6-28/h3-4,7-10,18,28-29H,5-6H2,1-2H3,(H,24,25). The molecule has 0 bridgehead atoms. The van der Waals surface area contributed by atoms with Crippen molar-refractivity contribution in [2.75, 3.05) is 20.8 Å². The molecule has 1 unspecified atom stereocenters. The Labute approximate surface area is 175 Å². The average molecular weight is 430 g/mol. The highest BCUT2D eigenvalue weighted by Crippen LogP contribution is 2.37. The van der Waals surface area contributed by atoms with E-state index in [1.54, 1.807) is 12.3 Å². The zero-order valence-corrected chi connectivity index (χ0v) is 16.8. The van der Waals surface area contributed by atoms with Crippen molar-refractivity contribution in [3.8, 4) is 22.9 Å². The van der Waals surface area contributed by atoms with Crippen molar-refractivity contribution in [2.24, 2.45) is 0 Å². The lowest BCUT2D eigenvalue weighted by atomic mass is 10.00. The Morgan fingerprint density at radius 3 is 2.52 bits per heavy atom. The van der Waals surface area contributed by atoms with Gasteiger partial charge in [0.05, 0.1) is 26.4 Å². The van der Waals surface area contributed by atoms with Crippen LogP contribution in [-0.4, -0.2) is 50.6 Å². The highest BCUT2D eigenvalue weighted by molar-refractivity contribution is 5.85. The van der Waals surface area contributed by atoms with Crippen LogP contribution in [0.15, 0.2) is 36.9 Å². The van der Waals surface area contributed by atoms with E-state index in [-0.39, 0.29) is 12.2 Å². The summed E-state index contributed by atoms with van der Waals surface area (Å²) in [6, 6.07) is 3.63. The van der Waals surface area contributed by atoms with Gasteiger partial charge in [0.1, 0.15) is 11.8 Å². The highest BCUT2D eigenvalue weighted by atomic mass is 19.1. The minimum Gasteiger partial charge on any atom is -0.479 e. The number of aromatic nitrogens is 4. The summed E-state index contributed by atoms with van der Waals surface area (Å²) in [6.07, 6.45) is 5.09. The Morgan fingerprint density at radius 1 is 1.16 bits per heavy atom. The molecule has 8 nitrogen and oxygen atoms in total. The molecule has 0 aliphatic rings. The Kier molecular flexibility index (Phi) is 5.57. The summed E-state index contributed by atoms with van der Waals surface area (Å²) in [5, 5.41) is 20.5. The first-order valence-electron chi connectivity index (χ1n) is 9.37. The maximum absolute atomic E-state index is 14.8. The van der Waals surface area contributed by atoms with Crippen LogP contribution in [0.2, 0.25) is 0 Å². The van der Waals surface area contributed by atoms with Gasteiger partial charge in [-0.2, -0.15) is 4.98 Å². The number of nitrogens with zero attached hydrogens (tertiary/aromatic N) is 3. The molecular formula is C21H20F2N4O4. The van der Waals surface area contributed by atoms with E-state index in [4.69, 9.17) is 14.6 Å². The predicted molar refractivity (Wildman–Crippen MR) is 108 cm³/mol. The van der Waals surface area contributed by atoms with Gasteiger partial charge < -0.3 is 29.2 Å². The number of rotatable bonds is 7. The molecule has 0 saturated carbocycles. The molecule has 0 aromatic carbocycles. The van der Waals surface area contributed by atoms with Crippen molar-refractivity contribution in [1.82, 2.24) is 19.5 Å². The van der Waals surface area contributed by atoms with Crippen molar-refractivity contribution in [3.63, 3.8) is 0 Å². The fourth-order valence-electron chi connectivity index (χ4n) is 3.46. The number of fused-ring (bicyclic) bond motifs is 1. The van der Waals surface area contributed by atoms with E-state index in [0.717, 1.165) is 11.1 Å². The Morgan fingerprint density at radius 2 is 1.87 bits per heavy atom. The van der Waals surface area contributed by atoms with Gasteiger partial charge in [0, 0.05) is 53.4 Å². The maximum Gasteiger partial charge on any atom is 0.254 e. The first kappa shape index (κ1) is 20.8. The number of aromatic amines is 1. The molecule has 4 aromatic rings. The lowest BCUT2D eigenvalue weighted by Crippen LogP contribution is -2.10. The SMILES string of the molecule is COc1nc(OC)c(F)c(C(O)c2c[nH]c3ncc(-c4ccn(CCO)c4)cc23)c1F. The smallest absolute Gasteiger partial charge is 0.254 e. The molecule has 31 heavy (non-hydrogen) atoms. The Bertz CT molecular complexity index is 1210. The van der Waals surface area contributed by atoms with Gasteiger partial charge in [0.15, 0.2) is 11.6 Å². The molecule has 0 radical (unpaired) electrons. The zero-order valence-electron chi connectivity index (χ0n) is 16.8. The molecule has 0 aliphatic heterocycles. The summed E-state index contributed by atoms with van der Waals surface area (Å²) in [5.74, 6) is -3.21. The number of halogens is 2. The van der Waals surface area contributed by atoms with E-state index in [1.807, 2.05) is 23.0 Å². The summed E-state index contributed by atoms with van der Waals surface area (Å²) in [4.78, 5) is 10.9. The second kappa shape index (κ2) is 8.32. The molecule has 0 fully saturated rings. The zero-order chi connectivity index (χ0) is 22.1. The van der Waals surface area contributed by atoms with E-state index in [1.165, 1.54) is 20.4 Å². The molecule has 10 heteroatoms. The van der Waals surface area contributed by atoms with E-state index >= 15 is 0 Å². The van der Waals surface area contributed by atoms with Crippen LogP contribution in [0, 0.1) is 11.6 Å². The molecule has 4 rings (SSSR count). The van der Waals surface area contributed by atoms with Crippen LogP contribution in [0.5, 0.6) is 11.8 Å². The number of aliphatic hydroxyl groups is 2. The van der Waals surface area contributed by atoms with Crippen molar-refractivity contribution in [2.45, 2.75) is 12.6 Å². The number of ether oxygens (including phenoxy) is 2. The molecule has 3 N–H and O–H groups in total. The third-order valence-electron chi connectivity index (χ3n) is 5.01. The largest absolute Gasteiger partial charge is 0.479 e. The fraction of sp³-hybridized carbons (Fsp3) is 0.238. The first-order chi connectivity index (χ1) is 15.0. The summed E-state index contributed by atoms with van der Waals surface area (Å²) in [6.45, 7) is 0.462. The van der Waals surface area contributed by atoms with E-state index in [2.05, 4.69) is 15.0 Å². The van der Waals surface area contributed by atoms with E-state index < -0.39 is 35.1 Å². The monoisotopic (exact) mass is 430 g/mol. The van der Waals surface area contributed by atoms with Gasteiger partial charge >= 0.3 is 0 Å². The third-order valence-corrected chi connectivity index (χ3v) is 5.01. The van der Waals surface area contributed by atoms with Crippen molar-refractivity contribution >= 4 is 11.0 Å². The molecule has 0 saturated heterocycles. The minimum atomic E-state index is -1.67. The summed E-state index contributed by atoms with van der Waals surface area (Å²) in [7, 11) is 2.37. The van der Waals surface area contributed by atoms with Crippen molar-refractivity contribution in [1.29, 1.82) is 0 Å². The van der Waals surface area contributed by atoms with E-state index in [9.17, 15) is 13.9 Å². The molecule has 4 aromatic heterocycles. The maximum atomic E-state index is 14.8. The topological polar surface area (TPSA) is 105 Å². The van der Waals surface area contributed by atoms with Crippen LogP contribution >= 0.6 is 0 Å². The van der Waals surface area contributed by atoms with Gasteiger partial charge in [-0.3, -0.25) is 0 Å². The molecule has 4 heterocycles. The van der Waals surface area contributed by atoms with Gasteiger partial charge in [-0.05, 0) is 12.1 Å². The normalized spacial score (nSPS) is 12.3. The van der Waals surface area contributed by atoms with Gasteiger partial charge in [-0.25, -0.2) is 13.8 Å². The number of methoxy groups -OCH3 is 2. The Hall–Kier alpha value is -3.50. The molecule has 0 amide bonds. The lowest BCUT2D eigenvalue weighted by molar-refractivity contribution is 0.204. The fourth-order valence-corrected chi connectivity index (χ4v) is 3.46. The second-order valence-electron chi connectivity index (χ2n) is 6.80. The van der Waals surface area contributed by atoms with Gasteiger partial charge in [0.2, 0.25) is 0 Å². The third kappa shape index (κ3) is 3.60. The highest BCUT2D eigenvalue weighted by Gasteiger charge is 2.29. The minimum absolute atomic E-state index is 0.00947. The molecule has 162 valence electrons. The average Bonchev–Trinajstić information content (AvgIpc) is 3.41. The van der Waals surface area contributed by atoms with Crippen LogP contribution in [0.4, 0.5) is 8.78 Å². The second-order valence-corrected chi connectivity index (χ2v) is 6.80. The van der Waals surface area contributed by atoms with Crippen molar-refractivity contribution in [3.05, 3.63) is 59.7 Å². The summed E-state index contributed by atoms with van der Waals surface area (Å²) < 4.78 is 41.2. The quantitative estimate of drug-likeness (QED) is 0.416. The number of H-pyrrole nitrogens is 1. The van der Waals surface area contributed by atoms with Crippen LogP contribution in [0.3, 0.4) is 0 Å². The molecular weight excluding hydrogens is 410 g/mol. The molecule has 1 atom stereocenters. The molecule has 0 aliphatic carbocycles. The molecule has 0 spiro atoms. The van der Waals surface area contributed by atoms with Gasteiger partial charge in [-0.1, -0.05) is 0 Å². The van der Waals surface area contributed by atoms with Crippen LogP contribution in [-0.2, 0) is 6.54 Å². The number of aliphatic hydroxyl groups excluding tert-OH is 2. The van der Waals surface area contributed by atoms with Crippen LogP contribution in [0.25, 0.3) is 22.2 Å². The van der Waals surface area contributed by atoms with Crippen molar-refractivity contribution < 1.29 is 28.5 Å². The summed E-state index contributed by atoms with van der Waals surface area (Å²) >= 11 is 0. The van der Waals surface area contributed by atoms with E-state index in [0.29, 0.717) is 17.6 Å². The van der Waals surface area contributed by atoms with Crippen LogP contribution in [0.1, 0.15) is 17.2 Å². The first-order valence-corrected chi connectivity index (χ1v) is 9.37. The Balaban J connectivity index is 1.81.